The van der Waals surface area contributed by atoms with Gasteiger partial charge < -0.3 is 14.7 Å². The molecule has 1 amide bonds. The Labute approximate surface area is 89.7 Å². The lowest BCUT2D eigenvalue weighted by Crippen LogP contribution is -2.43. The van der Waals surface area contributed by atoms with Crippen LogP contribution in [0.2, 0.25) is 0 Å². The van der Waals surface area contributed by atoms with Gasteiger partial charge in [-0.3, -0.25) is 9.00 Å². The summed E-state index contributed by atoms with van der Waals surface area (Å²) in [7, 11) is -0.819. The molecule has 0 spiro atoms. The second-order valence-corrected chi connectivity index (χ2v) is 4.81. The van der Waals surface area contributed by atoms with Crippen molar-refractivity contribution in [3.05, 3.63) is 0 Å². The molecule has 0 bridgehead atoms. The molecular weight excluding hydrogens is 222 g/mol. The first kappa shape index (κ1) is 12.1. The molecule has 7 heteroatoms. The highest BCUT2D eigenvalue weighted by molar-refractivity contribution is 7.85. The Morgan fingerprint density at radius 2 is 1.87 bits per heavy atom. The van der Waals surface area contributed by atoms with Gasteiger partial charge in [-0.15, -0.1) is 0 Å². The van der Waals surface area contributed by atoms with Crippen LogP contribution in [0.4, 0.5) is 0 Å². The molecule has 0 saturated carbocycles. The van der Waals surface area contributed by atoms with Crippen LogP contribution >= 0.6 is 0 Å². The van der Waals surface area contributed by atoms with Crippen LogP contribution in [0.15, 0.2) is 0 Å². The quantitative estimate of drug-likeness (QED) is 0.653. The maximum atomic E-state index is 11.4. The molecule has 0 aromatic rings. The maximum absolute atomic E-state index is 11.4. The second-order valence-electron chi connectivity index (χ2n) is 3.12. The zero-order valence-electron chi connectivity index (χ0n) is 8.18. The molecule has 0 aromatic heterocycles. The van der Waals surface area contributed by atoms with Gasteiger partial charge in [0.1, 0.15) is 13.2 Å². The summed E-state index contributed by atoms with van der Waals surface area (Å²) >= 11 is 0. The average Bonchev–Trinajstić information content (AvgIpc) is 2.18. The van der Waals surface area contributed by atoms with Crippen LogP contribution in [0, 0.1) is 0 Å². The largest absolute Gasteiger partial charge is 0.480 e. The number of rotatable bonds is 4. The first-order chi connectivity index (χ1) is 7.09. The topological polar surface area (TPSA) is 83.9 Å². The number of carboxylic acid groups (broad SMARTS) is 1. The minimum Gasteiger partial charge on any atom is -0.480 e. The minimum absolute atomic E-state index is 0.223. The van der Waals surface area contributed by atoms with Crippen molar-refractivity contribution in [2.24, 2.45) is 0 Å². The van der Waals surface area contributed by atoms with Gasteiger partial charge in [-0.2, -0.15) is 0 Å². The van der Waals surface area contributed by atoms with E-state index < -0.39 is 23.4 Å². The lowest BCUT2D eigenvalue weighted by atomic mass is 10.4. The van der Waals surface area contributed by atoms with Crippen LogP contribution in [-0.2, 0) is 25.1 Å². The molecule has 0 aliphatic carbocycles. The molecule has 1 aliphatic heterocycles. The van der Waals surface area contributed by atoms with E-state index in [0.717, 1.165) is 0 Å². The highest BCUT2D eigenvalue weighted by Crippen LogP contribution is 2.00. The Morgan fingerprint density at radius 3 is 2.40 bits per heavy atom. The molecule has 1 N–H and O–H groups in total. The Hall–Kier alpha value is -0.950. The van der Waals surface area contributed by atoms with Crippen molar-refractivity contribution in [2.75, 3.05) is 37.8 Å². The summed E-state index contributed by atoms with van der Waals surface area (Å²) in [5.74, 6) is -0.356. The number of carboxylic acids is 1. The van der Waals surface area contributed by atoms with Crippen molar-refractivity contribution in [3.8, 4) is 0 Å². The van der Waals surface area contributed by atoms with Crippen LogP contribution < -0.4 is 0 Å². The summed E-state index contributed by atoms with van der Waals surface area (Å²) in [4.78, 5) is 23.1. The van der Waals surface area contributed by atoms with Gasteiger partial charge in [0, 0.05) is 35.4 Å². The van der Waals surface area contributed by atoms with Gasteiger partial charge in [-0.05, 0) is 0 Å². The molecule has 1 heterocycles. The summed E-state index contributed by atoms with van der Waals surface area (Å²) in [6, 6.07) is 0. The number of carbonyl (C=O) groups is 2. The van der Waals surface area contributed by atoms with Gasteiger partial charge in [0.2, 0.25) is 5.91 Å². The Morgan fingerprint density at radius 1 is 1.27 bits per heavy atom. The Bertz CT molecular complexity index is 270. The van der Waals surface area contributed by atoms with Gasteiger partial charge in [-0.25, -0.2) is 4.79 Å². The fourth-order valence-corrected chi connectivity index (χ4v) is 2.26. The van der Waals surface area contributed by atoms with Gasteiger partial charge in [0.05, 0.1) is 0 Å². The predicted molar refractivity (Wildman–Crippen MR) is 52.9 cm³/mol. The number of aliphatic carboxylic acids is 1. The van der Waals surface area contributed by atoms with Gasteiger partial charge in [-0.1, -0.05) is 0 Å². The third-order valence-electron chi connectivity index (χ3n) is 1.98. The zero-order valence-corrected chi connectivity index (χ0v) is 8.99. The van der Waals surface area contributed by atoms with Crippen molar-refractivity contribution < 1.29 is 23.6 Å². The summed E-state index contributed by atoms with van der Waals surface area (Å²) < 4.78 is 15.7. The van der Waals surface area contributed by atoms with E-state index >= 15 is 0 Å². The molecule has 6 nitrogen and oxygen atoms in total. The predicted octanol–water partition coefficient (Wildman–Crippen LogP) is -1.32. The van der Waals surface area contributed by atoms with Crippen molar-refractivity contribution >= 4 is 22.7 Å². The number of nitrogens with zero attached hydrogens (tertiary/aromatic N) is 1. The molecule has 86 valence electrons. The first-order valence-electron chi connectivity index (χ1n) is 4.52. The van der Waals surface area contributed by atoms with E-state index in [1.807, 2.05) is 0 Å². The zero-order chi connectivity index (χ0) is 11.3. The van der Waals surface area contributed by atoms with Gasteiger partial charge in [0.15, 0.2) is 0 Å². The number of hydrogen-bond acceptors (Lipinski definition) is 4. The molecule has 1 rings (SSSR count). The van der Waals surface area contributed by atoms with Crippen LogP contribution in [0.3, 0.4) is 0 Å². The van der Waals surface area contributed by atoms with Crippen LogP contribution in [0.5, 0.6) is 0 Å². The smallest absolute Gasteiger partial charge is 0.329 e. The summed E-state index contributed by atoms with van der Waals surface area (Å²) in [5.41, 5.74) is 0. The number of amides is 1. The van der Waals surface area contributed by atoms with E-state index in [2.05, 4.69) is 4.74 Å². The highest BCUT2D eigenvalue weighted by atomic mass is 32.2. The number of ether oxygens (including phenoxy) is 1. The molecule has 15 heavy (non-hydrogen) atoms. The van der Waals surface area contributed by atoms with E-state index in [-0.39, 0.29) is 12.5 Å². The number of carbonyl (C=O) groups excluding carboxylic acids is 1. The molecular formula is C8H13NO5S. The average molecular weight is 235 g/mol. The van der Waals surface area contributed by atoms with E-state index in [0.29, 0.717) is 24.6 Å². The summed E-state index contributed by atoms with van der Waals surface area (Å²) in [5, 5.41) is 8.28. The third kappa shape index (κ3) is 4.39. The lowest BCUT2D eigenvalue weighted by Gasteiger charge is -2.26. The van der Waals surface area contributed by atoms with Crippen LogP contribution in [0.25, 0.3) is 0 Å². The van der Waals surface area contributed by atoms with Crippen molar-refractivity contribution in [2.45, 2.75) is 0 Å². The lowest BCUT2D eigenvalue weighted by molar-refractivity contribution is -0.145. The van der Waals surface area contributed by atoms with Gasteiger partial charge >= 0.3 is 5.97 Å². The van der Waals surface area contributed by atoms with Crippen LogP contribution in [-0.4, -0.2) is 63.9 Å². The fraction of sp³-hybridized carbons (Fsp3) is 0.750. The monoisotopic (exact) mass is 235 g/mol. The molecule has 1 aliphatic rings. The van der Waals surface area contributed by atoms with Crippen molar-refractivity contribution in [1.29, 1.82) is 0 Å². The van der Waals surface area contributed by atoms with E-state index in [4.69, 9.17) is 5.11 Å². The summed E-state index contributed by atoms with van der Waals surface area (Å²) in [6.45, 7) is 0.230. The van der Waals surface area contributed by atoms with Crippen molar-refractivity contribution in [1.82, 2.24) is 4.90 Å². The maximum Gasteiger partial charge on any atom is 0.329 e. The molecule has 0 radical (unpaired) electrons. The molecule has 0 atom stereocenters. The Kier molecular flexibility index (Phi) is 4.70. The highest BCUT2D eigenvalue weighted by Gasteiger charge is 2.19. The van der Waals surface area contributed by atoms with E-state index in [9.17, 15) is 13.8 Å². The molecule has 1 saturated heterocycles. The molecule has 0 unspecified atom stereocenters. The first-order valence-corrected chi connectivity index (χ1v) is 6.00. The minimum atomic E-state index is -1.09. The van der Waals surface area contributed by atoms with Crippen LogP contribution in [0.1, 0.15) is 0 Å². The van der Waals surface area contributed by atoms with Crippen molar-refractivity contribution in [3.63, 3.8) is 0 Å². The summed E-state index contributed by atoms with van der Waals surface area (Å²) in [6.07, 6.45) is 0. The fourth-order valence-electron chi connectivity index (χ4n) is 1.20. The molecule has 0 aromatic carbocycles. The van der Waals surface area contributed by atoms with E-state index in [1.165, 1.54) is 0 Å². The third-order valence-corrected chi connectivity index (χ3v) is 3.26. The van der Waals surface area contributed by atoms with Gasteiger partial charge in [0.25, 0.3) is 0 Å². The SMILES string of the molecule is O=C(O)COCC(=O)N1CCS(=O)CC1. The van der Waals surface area contributed by atoms with E-state index in [1.54, 1.807) is 4.90 Å². The molecule has 1 fully saturated rings. The Balaban J connectivity index is 2.22. The number of hydrogen-bond donors (Lipinski definition) is 1. The standard InChI is InChI=1S/C8H13NO5S/c10-7(5-14-6-8(11)12)9-1-3-15(13)4-2-9/h1-6H2,(H,11,12). The normalized spacial score (nSPS) is 17.7. The second kappa shape index (κ2) is 5.82.